The highest BCUT2D eigenvalue weighted by Crippen LogP contribution is 2.47. The van der Waals surface area contributed by atoms with E-state index in [4.69, 9.17) is 14.5 Å². The second kappa shape index (κ2) is 23.9. The van der Waals surface area contributed by atoms with Crippen molar-refractivity contribution in [1.82, 2.24) is 39.9 Å². The number of piperazine rings is 2. The Morgan fingerprint density at radius 2 is 1.69 bits per heavy atom. The number of halogens is 2. The van der Waals surface area contributed by atoms with Gasteiger partial charge >= 0.3 is 6.01 Å². The molecular weight excluding hydrogens is 991 g/mol. The number of aryl methyl sites for hydroxylation is 1. The van der Waals surface area contributed by atoms with Crippen LogP contribution in [0, 0.1) is 17.0 Å². The van der Waals surface area contributed by atoms with Crippen molar-refractivity contribution in [3.63, 3.8) is 0 Å². The van der Waals surface area contributed by atoms with Gasteiger partial charge in [0.05, 0.1) is 42.4 Å². The highest BCUT2D eigenvalue weighted by Gasteiger charge is 2.46. The smallest absolute Gasteiger partial charge is 0.319 e. The molecule has 4 saturated heterocycles. The molecule has 0 radical (unpaired) electrons. The molecular formula is C57H70F2N10O8. The molecule has 2 aromatic heterocycles. The SMILES string of the molecule is CCc1c(F)ccc2cc(O)cc(-c3ncc4c(N5CCCC6(CCO6)C5)nc(OCC5(CN6CCN(C)CC6)CC5)nc4c3F)c12.CNC(=O)CCC(C=O)N(C)C(=O)c1cc(N2CCN(CC=O)CC2)ccc1C=O. The Kier molecular flexibility index (Phi) is 17.1. The fraction of sp³-hybridized carbons (Fsp3) is 0.509. The number of carbonyl (C=O) groups is 5. The number of pyridine rings is 1. The Labute approximate surface area is 447 Å². The number of ether oxygens (including phenoxy) is 2. The van der Waals surface area contributed by atoms with Gasteiger partial charge in [-0.1, -0.05) is 13.0 Å². The molecule has 5 fully saturated rings. The van der Waals surface area contributed by atoms with Crippen molar-refractivity contribution in [2.24, 2.45) is 5.41 Å². The molecule has 2 atom stereocenters. The average Bonchev–Trinajstić information content (AvgIpc) is 4.23. The highest BCUT2D eigenvalue weighted by atomic mass is 19.1. The molecule has 77 heavy (non-hydrogen) atoms. The number of aromatic hydroxyl groups is 1. The average molecular weight is 1060 g/mol. The number of nitrogens with zero attached hydrogens (tertiary/aromatic N) is 9. The maximum Gasteiger partial charge on any atom is 0.319 e. The lowest BCUT2D eigenvalue weighted by Crippen LogP contribution is -2.56. The van der Waals surface area contributed by atoms with Crippen LogP contribution in [0.25, 0.3) is 32.9 Å². The summed E-state index contributed by atoms with van der Waals surface area (Å²) in [6, 6.07) is 10.4. The number of amides is 2. The van der Waals surface area contributed by atoms with E-state index in [1.807, 2.05) is 11.8 Å². The van der Waals surface area contributed by atoms with Crippen molar-refractivity contribution in [3.8, 4) is 23.0 Å². The number of hydrogen-bond donors (Lipinski definition) is 2. The Morgan fingerprint density at radius 1 is 0.935 bits per heavy atom. The molecule has 1 aliphatic carbocycles. The normalized spacial score (nSPS) is 20.0. The highest BCUT2D eigenvalue weighted by molar-refractivity contribution is 6.04. The van der Waals surface area contributed by atoms with Gasteiger partial charge in [-0.25, -0.2) is 8.78 Å². The van der Waals surface area contributed by atoms with Crippen LogP contribution < -0.4 is 19.9 Å². The zero-order valence-corrected chi connectivity index (χ0v) is 44.6. The summed E-state index contributed by atoms with van der Waals surface area (Å²) in [5.74, 6) is -1.17. The number of phenolic OH excluding ortho intramolecular Hbond substituents is 1. The van der Waals surface area contributed by atoms with Gasteiger partial charge in [-0.15, -0.1) is 0 Å². The van der Waals surface area contributed by atoms with Crippen LogP contribution >= 0.6 is 0 Å². The molecule has 2 N–H and O–H groups in total. The maximum atomic E-state index is 16.9. The molecule has 5 aliphatic rings. The van der Waals surface area contributed by atoms with Crippen LogP contribution in [0.1, 0.15) is 78.1 Å². The zero-order valence-electron chi connectivity index (χ0n) is 44.6. The molecule has 410 valence electrons. The fourth-order valence-electron chi connectivity index (χ4n) is 11.2. The van der Waals surface area contributed by atoms with Crippen molar-refractivity contribution in [1.29, 1.82) is 0 Å². The number of benzene rings is 3. The van der Waals surface area contributed by atoms with Gasteiger partial charge in [0.2, 0.25) is 5.91 Å². The van der Waals surface area contributed by atoms with Crippen molar-refractivity contribution in [2.45, 2.75) is 69.9 Å². The van der Waals surface area contributed by atoms with Gasteiger partial charge in [-0.05, 0) is 98.3 Å². The van der Waals surface area contributed by atoms with E-state index in [2.05, 4.69) is 41.9 Å². The van der Waals surface area contributed by atoms with Gasteiger partial charge in [0.25, 0.3) is 5.91 Å². The van der Waals surface area contributed by atoms with E-state index in [9.17, 15) is 33.5 Å². The van der Waals surface area contributed by atoms with Crippen molar-refractivity contribution in [3.05, 3.63) is 77.0 Å². The first kappa shape index (κ1) is 55.0. The van der Waals surface area contributed by atoms with Gasteiger partial charge in [0, 0.05) is 127 Å². The number of fused-ring (bicyclic) bond motifs is 2. The summed E-state index contributed by atoms with van der Waals surface area (Å²) in [7, 11) is 5.16. The number of rotatable bonds is 18. The minimum Gasteiger partial charge on any atom is -0.508 e. The number of aldehydes is 3. The van der Waals surface area contributed by atoms with Crippen LogP contribution in [-0.4, -0.2) is 195 Å². The molecule has 1 saturated carbocycles. The molecule has 3 aromatic carbocycles. The van der Waals surface area contributed by atoms with E-state index >= 15 is 4.39 Å². The van der Waals surface area contributed by atoms with Crippen LogP contribution in [0.15, 0.2) is 48.7 Å². The summed E-state index contributed by atoms with van der Waals surface area (Å²) < 4.78 is 44.3. The number of likely N-dealkylation sites (N-methyl/N-ethyl adjacent to an activating group) is 2. The minimum absolute atomic E-state index is 0.000436. The van der Waals surface area contributed by atoms with E-state index in [0.717, 1.165) is 103 Å². The van der Waals surface area contributed by atoms with Crippen LogP contribution in [0.5, 0.6) is 11.8 Å². The van der Waals surface area contributed by atoms with Crippen molar-refractivity contribution in [2.75, 3.05) is 123 Å². The number of nitrogens with one attached hydrogen (secondary N) is 1. The molecule has 20 heteroatoms. The molecule has 0 bridgehead atoms. The van der Waals surface area contributed by atoms with Gasteiger partial charge in [-0.2, -0.15) is 9.97 Å². The number of anilines is 2. The summed E-state index contributed by atoms with van der Waals surface area (Å²) in [6.45, 7) is 12.9. The maximum absolute atomic E-state index is 16.9. The van der Waals surface area contributed by atoms with E-state index in [-0.39, 0.29) is 69.7 Å². The summed E-state index contributed by atoms with van der Waals surface area (Å²) in [5.41, 5.74) is 1.97. The van der Waals surface area contributed by atoms with E-state index in [0.29, 0.717) is 84.9 Å². The van der Waals surface area contributed by atoms with Gasteiger partial charge in [0.15, 0.2) is 12.1 Å². The number of phenols is 1. The molecule has 5 aromatic rings. The Morgan fingerprint density at radius 3 is 2.35 bits per heavy atom. The number of aromatic nitrogens is 3. The molecule has 18 nitrogen and oxygen atoms in total. The first-order valence-electron chi connectivity index (χ1n) is 26.9. The first-order valence-corrected chi connectivity index (χ1v) is 26.9. The van der Waals surface area contributed by atoms with E-state index in [1.54, 1.807) is 36.5 Å². The fourth-order valence-corrected chi connectivity index (χ4v) is 11.2. The number of piperidine rings is 1. The lowest BCUT2D eigenvalue weighted by atomic mass is 9.86. The van der Waals surface area contributed by atoms with Crippen LogP contribution in [0.2, 0.25) is 0 Å². The number of hydrogen-bond acceptors (Lipinski definition) is 16. The third-order valence-corrected chi connectivity index (χ3v) is 16.2. The van der Waals surface area contributed by atoms with E-state index < -0.39 is 17.8 Å². The van der Waals surface area contributed by atoms with Crippen molar-refractivity contribution < 1.29 is 47.3 Å². The second-order valence-electron chi connectivity index (χ2n) is 21.3. The predicted molar refractivity (Wildman–Crippen MR) is 289 cm³/mol. The zero-order chi connectivity index (χ0) is 54.4. The lowest BCUT2D eigenvalue weighted by Gasteiger charge is -2.48. The lowest BCUT2D eigenvalue weighted by molar-refractivity contribution is -0.151. The van der Waals surface area contributed by atoms with Gasteiger partial charge in [-0.3, -0.25) is 24.3 Å². The summed E-state index contributed by atoms with van der Waals surface area (Å²) in [5, 5.41) is 14.7. The van der Waals surface area contributed by atoms with Gasteiger partial charge < -0.3 is 54.0 Å². The topological polar surface area (TPSA) is 194 Å². The third kappa shape index (κ3) is 12.2. The molecule has 2 unspecified atom stereocenters. The van der Waals surface area contributed by atoms with Crippen LogP contribution in [0.4, 0.5) is 20.3 Å². The van der Waals surface area contributed by atoms with Gasteiger partial charge in [0.1, 0.15) is 41.2 Å². The summed E-state index contributed by atoms with van der Waals surface area (Å²) in [6.07, 6.45) is 9.52. The Bertz CT molecular complexity index is 2990. The summed E-state index contributed by atoms with van der Waals surface area (Å²) in [4.78, 5) is 84.8. The third-order valence-electron chi connectivity index (χ3n) is 16.2. The molecule has 2 amide bonds. The largest absolute Gasteiger partial charge is 0.508 e. The quantitative estimate of drug-likeness (QED) is 0.104. The predicted octanol–water partition coefficient (Wildman–Crippen LogP) is 5.54. The number of carbonyl (C=O) groups excluding carboxylic acids is 5. The minimum atomic E-state index is -0.773. The molecule has 1 spiro atoms. The Hall–Kier alpha value is -6.74. The Balaban J connectivity index is 0.000000209. The first-order chi connectivity index (χ1) is 37.2. The standard InChI is InChI=1S/C36H42F2N6O3.C21H28N4O5/c1-3-25-28(37)6-5-23-17-24(45)18-26(29(23)25)31-30(38)32-27(19-39-31)33(44-11-4-7-36(21-44)10-16-47-36)41-34(40-32)46-22-35(8-9-35)20-43-14-12-42(2)13-15-43;1-22-20(29)6-5-18(15-28)23(2)21(30)19-13-17(4-3-16(19)14-27)25-9-7-24(8-10-25)11-12-26/h5-6,17-19,45H,3-4,7-16,20-22H2,1-2H3;3-4,12-15,18H,5-11H2,1-2H3,(H,22,29). The van der Waals surface area contributed by atoms with E-state index in [1.165, 1.54) is 31.1 Å². The van der Waals surface area contributed by atoms with Crippen LogP contribution in [-0.2, 0) is 25.5 Å². The second-order valence-corrected chi connectivity index (χ2v) is 21.3. The monoisotopic (exact) mass is 1060 g/mol. The van der Waals surface area contributed by atoms with Crippen molar-refractivity contribution >= 4 is 63.9 Å². The molecule has 10 rings (SSSR count). The molecule has 6 heterocycles. The summed E-state index contributed by atoms with van der Waals surface area (Å²) >= 11 is 0. The molecule has 4 aliphatic heterocycles. The van der Waals surface area contributed by atoms with Crippen LogP contribution in [0.3, 0.4) is 0 Å².